The first-order valence-corrected chi connectivity index (χ1v) is 8.48. The Hall–Kier alpha value is -0.380. The van der Waals surface area contributed by atoms with Crippen molar-refractivity contribution in [1.82, 2.24) is 5.32 Å². The predicted octanol–water partition coefficient (Wildman–Crippen LogP) is 3.78. The standard InChI is InChI=1S/C15H23ClN2S/c1-11(2)17-9-13-14(16)5-4-6-15(13)18-7-8-19-10-12(18)3/h4-6,11-12,17H,7-10H2,1-3H3. The minimum Gasteiger partial charge on any atom is -0.367 e. The molecule has 1 aromatic carbocycles. The van der Waals surface area contributed by atoms with Crippen molar-refractivity contribution < 1.29 is 0 Å². The minimum atomic E-state index is 0.471. The van der Waals surface area contributed by atoms with Gasteiger partial charge in [-0.3, -0.25) is 0 Å². The SMILES string of the molecule is CC(C)NCc1c(Cl)cccc1N1CCSCC1C. The predicted molar refractivity (Wildman–Crippen MR) is 87.6 cm³/mol. The van der Waals surface area contributed by atoms with Crippen LogP contribution in [0, 0.1) is 0 Å². The van der Waals surface area contributed by atoms with Crippen molar-refractivity contribution in [3.8, 4) is 0 Å². The summed E-state index contributed by atoms with van der Waals surface area (Å²) in [6, 6.07) is 7.31. The van der Waals surface area contributed by atoms with Crippen molar-refractivity contribution in [1.29, 1.82) is 0 Å². The van der Waals surface area contributed by atoms with E-state index in [1.807, 2.05) is 17.8 Å². The average Bonchev–Trinajstić information content (AvgIpc) is 2.37. The van der Waals surface area contributed by atoms with Gasteiger partial charge in [-0.05, 0) is 19.1 Å². The molecule has 1 fully saturated rings. The van der Waals surface area contributed by atoms with Gasteiger partial charge in [-0.25, -0.2) is 0 Å². The van der Waals surface area contributed by atoms with E-state index in [2.05, 4.69) is 43.1 Å². The fourth-order valence-electron chi connectivity index (χ4n) is 2.38. The lowest BCUT2D eigenvalue weighted by Gasteiger charge is -2.36. The van der Waals surface area contributed by atoms with Gasteiger partial charge in [0.15, 0.2) is 0 Å². The van der Waals surface area contributed by atoms with Gasteiger partial charge in [0.1, 0.15) is 0 Å². The van der Waals surface area contributed by atoms with E-state index in [-0.39, 0.29) is 0 Å². The van der Waals surface area contributed by atoms with E-state index >= 15 is 0 Å². The normalized spacial score (nSPS) is 20.1. The fraction of sp³-hybridized carbons (Fsp3) is 0.600. The number of rotatable bonds is 4. The van der Waals surface area contributed by atoms with E-state index in [0.717, 1.165) is 18.1 Å². The van der Waals surface area contributed by atoms with E-state index < -0.39 is 0 Å². The van der Waals surface area contributed by atoms with Crippen LogP contribution in [0.4, 0.5) is 5.69 Å². The molecule has 0 aromatic heterocycles. The molecule has 1 saturated heterocycles. The molecule has 1 unspecified atom stereocenters. The van der Waals surface area contributed by atoms with Crippen LogP contribution < -0.4 is 10.2 Å². The van der Waals surface area contributed by atoms with Crippen molar-refractivity contribution in [3.05, 3.63) is 28.8 Å². The molecule has 0 spiro atoms. The largest absolute Gasteiger partial charge is 0.367 e. The van der Waals surface area contributed by atoms with Gasteiger partial charge in [0.25, 0.3) is 0 Å². The molecule has 0 saturated carbocycles. The lowest BCUT2D eigenvalue weighted by Crippen LogP contribution is -2.41. The number of nitrogens with zero attached hydrogens (tertiary/aromatic N) is 1. The summed E-state index contributed by atoms with van der Waals surface area (Å²) in [5, 5.41) is 4.35. The smallest absolute Gasteiger partial charge is 0.0471 e. The second-order valence-corrected chi connectivity index (χ2v) is 6.95. The van der Waals surface area contributed by atoms with Crippen LogP contribution in [-0.2, 0) is 6.54 Å². The van der Waals surface area contributed by atoms with Crippen LogP contribution in [0.3, 0.4) is 0 Å². The first kappa shape index (κ1) is 15.0. The number of benzene rings is 1. The summed E-state index contributed by atoms with van der Waals surface area (Å²) in [7, 11) is 0. The molecule has 0 aliphatic carbocycles. The maximum Gasteiger partial charge on any atom is 0.0471 e. The van der Waals surface area contributed by atoms with Gasteiger partial charge >= 0.3 is 0 Å². The summed E-state index contributed by atoms with van der Waals surface area (Å²) >= 11 is 8.45. The molecule has 1 heterocycles. The number of halogens is 1. The number of hydrogen-bond donors (Lipinski definition) is 1. The minimum absolute atomic E-state index is 0.471. The summed E-state index contributed by atoms with van der Waals surface area (Å²) in [4.78, 5) is 2.50. The molecule has 4 heteroatoms. The van der Waals surface area contributed by atoms with Crippen LogP contribution in [0.2, 0.25) is 5.02 Å². The zero-order valence-electron chi connectivity index (χ0n) is 11.9. The Kier molecular flexibility index (Phi) is 5.43. The van der Waals surface area contributed by atoms with Crippen molar-refractivity contribution in [2.75, 3.05) is 23.0 Å². The molecule has 1 aliphatic heterocycles. The molecule has 0 bridgehead atoms. The first-order chi connectivity index (χ1) is 9.09. The summed E-state index contributed by atoms with van der Waals surface area (Å²) < 4.78 is 0. The van der Waals surface area contributed by atoms with Crippen LogP contribution in [0.25, 0.3) is 0 Å². The molecule has 1 aromatic rings. The molecule has 2 nitrogen and oxygen atoms in total. The first-order valence-electron chi connectivity index (χ1n) is 6.94. The Bertz CT molecular complexity index is 423. The van der Waals surface area contributed by atoms with Gasteiger partial charge in [-0.2, -0.15) is 11.8 Å². The van der Waals surface area contributed by atoms with Gasteiger partial charge in [0.2, 0.25) is 0 Å². The third-order valence-corrected chi connectivity index (χ3v) is 5.00. The molecule has 0 amide bonds. The lowest BCUT2D eigenvalue weighted by molar-refractivity contribution is 0.586. The van der Waals surface area contributed by atoms with E-state index in [9.17, 15) is 0 Å². The van der Waals surface area contributed by atoms with Gasteiger partial charge in [-0.15, -0.1) is 0 Å². The highest BCUT2D eigenvalue weighted by Crippen LogP contribution is 2.31. The Morgan fingerprint density at radius 3 is 2.95 bits per heavy atom. The number of anilines is 1. The highest BCUT2D eigenvalue weighted by molar-refractivity contribution is 7.99. The van der Waals surface area contributed by atoms with E-state index in [0.29, 0.717) is 12.1 Å². The van der Waals surface area contributed by atoms with Crippen molar-refractivity contribution in [2.24, 2.45) is 0 Å². The Morgan fingerprint density at radius 1 is 1.47 bits per heavy atom. The molecule has 1 N–H and O–H groups in total. The monoisotopic (exact) mass is 298 g/mol. The van der Waals surface area contributed by atoms with E-state index in [1.54, 1.807) is 0 Å². The molecule has 0 radical (unpaired) electrons. The highest BCUT2D eigenvalue weighted by atomic mass is 35.5. The topological polar surface area (TPSA) is 15.3 Å². The number of nitrogens with one attached hydrogen (secondary N) is 1. The second kappa shape index (κ2) is 6.87. The second-order valence-electron chi connectivity index (χ2n) is 5.39. The molecule has 1 atom stereocenters. The van der Waals surface area contributed by atoms with Crippen LogP contribution in [0.5, 0.6) is 0 Å². The summed E-state index contributed by atoms with van der Waals surface area (Å²) in [5.41, 5.74) is 2.53. The van der Waals surface area contributed by atoms with Gasteiger partial charge in [0.05, 0.1) is 0 Å². The molecule has 2 rings (SSSR count). The zero-order valence-corrected chi connectivity index (χ0v) is 13.5. The maximum absolute atomic E-state index is 6.41. The van der Waals surface area contributed by atoms with Crippen LogP contribution >= 0.6 is 23.4 Å². The third-order valence-electron chi connectivity index (χ3n) is 3.46. The van der Waals surface area contributed by atoms with E-state index in [1.165, 1.54) is 22.8 Å². The Labute approximate surface area is 125 Å². The lowest BCUT2D eigenvalue weighted by atomic mass is 10.1. The number of hydrogen-bond acceptors (Lipinski definition) is 3. The fourth-order valence-corrected chi connectivity index (χ4v) is 3.63. The van der Waals surface area contributed by atoms with Crippen LogP contribution in [-0.4, -0.2) is 30.1 Å². The maximum atomic E-state index is 6.41. The van der Waals surface area contributed by atoms with Crippen molar-refractivity contribution in [3.63, 3.8) is 0 Å². The molecular weight excluding hydrogens is 276 g/mol. The van der Waals surface area contributed by atoms with Crippen molar-refractivity contribution >= 4 is 29.1 Å². The number of thioether (sulfide) groups is 1. The zero-order chi connectivity index (χ0) is 13.8. The average molecular weight is 299 g/mol. The molecule has 19 heavy (non-hydrogen) atoms. The van der Waals surface area contributed by atoms with Gasteiger partial charge in [0, 0.05) is 53.0 Å². The van der Waals surface area contributed by atoms with Gasteiger partial charge < -0.3 is 10.2 Å². The molecule has 1 aliphatic rings. The summed E-state index contributed by atoms with van der Waals surface area (Å²) in [5.74, 6) is 2.40. The summed E-state index contributed by atoms with van der Waals surface area (Å²) in [6.07, 6.45) is 0. The Balaban J connectivity index is 2.25. The van der Waals surface area contributed by atoms with Gasteiger partial charge in [-0.1, -0.05) is 31.5 Å². The highest BCUT2D eigenvalue weighted by Gasteiger charge is 2.22. The van der Waals surface area contributed by atoms with Crippen LogP contribution in [0.1, 0.15) is 26.3 Å². The van der Waals surface area contributed by atoms with Crippen LogP contribution in [0.15, 0.2) is 18.2 Å². The molecule has 106 valence electrons. The quantitative estimate of drug-likeness (QED) is 0.911. The molecular formula is C15H23ClN2S. The van der Waals surface area contributed by atoms with E-state index in [4.69, 9.17) is 11.6 Å². The third kappa shape index (κ3) is 3.80. The Morgan fingerprint density at radius 2 is 2.26 bits per heavy atom. The summed E-state index contributed by atoms with van der Waals surface area (Å²) in [6.45, 7) is 8.57. The van der Waals surface area contributed by atoms with Crippen molar-refractivity contribution in [2.45, 2.75) is 39.4 Å².